The smallest absolute Gasteiger partial charge is 0.223 e. The van der Waals surface area contributed by atoms with Gasteiger partial charge in [-0.1, -0.05) is 30.7 Å². The summed E-state index contributed by atoms with van der Waals surface area (Å²) in [5.41, 5.74) is 2.33. The fraction of sp³-hybridized carbons (Fsp3) is 0.421. The Kier molecular flexibility index (Phi) is 3.29. The van der Waals surface area contributed by atoms with Crippen LogP contribution in [0, 0.1) is 11.8 Å². The number of aromatic hydroxyl groups is 1. The molecule has 22 heavy (non-hydrogen) atoms. The number of hydrogen-bond donors (Lipinski definition) is 2. The van der Waals surface area contributed by atoms with E-state index in [9.17, 15) is 9.90 Å². The first kappa shape index (κ1) is 13.6. The first-order valence-corrected chi connectivity index (χ1v) is 8.22. The molecule has 4 rings (SSSR count). The van der Waals surface area contributed by atoms with Gasteiger partial charge in [-0.3, -0.25) is 4.79 Å². The van der Waals surface area contributed by atoms with Gasteiger partial charge in [0.15, 0.2) is 0 Å². The molecule has 1 saturated carbocycles. The molecule has 2 aliphatic carbocycles. The number of phenolic OH excluding ortho intramolecular Hbond substituents is 1. The van der Waals surface area contributed by atoms with Crippen molar-refractivity contribution in [3.8, 4) is 5.75 Å². The molecule has 2 aromatic carbocycles. The predicted molar refractivity (Wildman–Crippen MR) is 86.9 cm³/mol. The average Bonchev–Trinajstić information content (AvgIpc) is 2.47. The van der Waals surface area contributed by atoms with Gasteiger partial charge < -0.3 is 10.4 Å². The van der Waals surface area contributed by atoms with E-state index in [1.807, 2.05) is 6.07 Å². The minimum atomic E-state index is 0.215. The topological polar surface area (TPSA) is 49.3 Å². The molecule has 1 amide bonds. The van der Waals surface area contributed by atoms with E-state index in [4.69, 9.17) is 0 Å². The van der Waals surface area contributed by atoms with Gasteiger partial charge in [-0.05, 0) is 54.0 Å². The highest BCUT2D eigenvalue weighted by molar-refractivity contribution is 5.91. The Morgan fingerprint density at radius 3 is 2.82 bits per heavy atom. The molecule has 2 aromatic rings. The van der Waals surface area contributed by atoms with Crippen molar-refractivity contribution in [2.24, 2.45) is 11.8 Å². The van der Waals surface area contributed by atoms with Gasteiger partial charge in [-0.2, -0.15) is 0 Å². The quantitative estimate of drug-likeness (QED) is 0.913. The Morgan fingerprint density at radius 1 is 1.18 bits per heavy atom. The second-order valence-corrected chi connectivity index (χ2v) is 6.73. The van der Waals surface area contributed by atoms with Crippen LogP contribution >= 0.6 is 0 Å². The standard InChI is InChI=1S/C19H21NO2/c21-17-8-7-13-3-1-6-15-9-12(10-16(17)18(13)15)11-20-19(22)14-4-2-5-14/h1,3,6-8,12,14,21H,2,4-5,9-11H2,(H,20,22). The predicted octanol–water partition coefficient (Wildman–Crippen LogP) is 3.18. The minimum Gasteiger partial charge on any atom is -0.508 e. The fourth-order valence-electron chi connectivity index (χ4n) is 3.78. The monoisotopic (exact) mass is 295 g/mol. The first-order chi connectivity index (χ1) is 10.7. The molecule has 0 aromatic heterocycles. The summed E-state index contributed by atoms with van der Waals surface area (Å²) in [5.74, 6) is 1.21. The number of nitrogens with one attached hydrogen (secondary N) is 1. The van der Waals surface area contributed by atoms with Crippen molar-refractivity contribution < 1.29 is 9.90 Å². The summed E-state index contributed by atoms with van der Waals surface area (Å²) in [5, 5.41) is 15.7. The van der Waals surface area contributed by atoms with Gasteiger partial charge >= 0.3 is 0 Å². The lowest BCUT2D eigenvalue weighted by molar-refractivity contribution is -0.127. The van der Waals surface area contributed by atoms with Crippen molar-refractivity contribution in [3.05, 3.63) is 41.5 Å². The maximum atomic E-state index is 12.0. The molecule has 0 heterocycles. The second-order valence-electron chi connectivity index (χ2n) is 6.73. The fourth-order valence-corrected chi connectivity index (χ4v) is 3.78. The molecule has 1 atom stereocenters. The Morgan fingerprint density at radius 2 is 2.05 bits per heavy atom. The maximum Gasteiger partial charge on any atom is 0.223 e. The van der Waals surface area contributed by atoms with E-state index >= 15 is 0 Å². The van der Waals surface area contributed by atoms with Crippen LogP contribution in [-0.4, -0.2) is 17.6 Å². The van der Waals surface area contributed by atoms with Crippen LogP contribution in [-0.2, 0) is 17.6 Å². The van der Waals surface area contributed by atoms with Crippen LogP contribution in [0.5, 0.6) is 5.75 Å². The summed E-state index contributed by atoms with van der Waals surface area (Å²) < 4.78 is 0. The van der Waals surface area contributed by atoms with Gasteiger partial charge in [0.05, 0.1) is 0 Å². The Hall–Kier alpha value is -2.03. The summed E-state index contributed by atoms with van der Waals surface area (Å²) in [6, 6.07) is 10.1. The average molecular weight is 295 g/mol. The van der Waals surface area contributed by atoms with Gasteiger partial charge in [0.1, 0.15) is 5.75 Å². The Labute approximate surface area is 130 Å². The highest BCUT2D eigenvalue weighted by Crippen LogP contribution is 2.37. The number of amides is 1. The molecule has 2 N–H and O–H groups in total. The SMILES string of the molecule is O=C(NCC1Cc2cccc3ccc(O)c(c23)C1)C1CCC1. The van der Waals surface area contributed by atoms with Crippen molar-refractivity contribution in [1.29, 1.82) is 0 Å². The van der Waals surface area contributed by atoms with Gasteiger partial charge in [-0.25, -0.2) is 0 Å². The maximum absolute atomic E-state index is 12.0. The summed E-state index contributed by atoms with van der Waals surface area (Å²) in [7, 11) is 0. The second kappa shape index (κ2) is 5.31. The summed E-state index contributed by atoms with van der Waals surface area (Å²) in [4.78, 5) is 12.0. The lowest BCUT2D eigenvalue weighted by atomic mass is 9.81. The number of phenols is 1. The molecule has 0 saturated heterocycles. The van der Waals surface area contributed by atoms with Crippen molar-refractivity contribution in [2.45, 2.75) is 32.1 Å². The number of carbonyl (C=O) groups excluding carboxylic acids is 1. The van der Waals surface area contributed by atoms with E-state index in [-0.39, 0.29) is 11.8 Å². The molecule has 0 radical (unpaired) electrons. The summed E-state index contributed by atoms with van der Waals surface area (Å²) in [6.07, 6.45) is 5.08. The first-order valence-electron chi connectivity index (χ1n) is 8.22. The van der Waals surface area contributed by atoms with E-state index in [1.165, 1.54) is 22.8 Å². The van der Waals surface area contributed by atoms with Crippen LogP contribution in [0.15, 0.2) is 30.3 Å². The molecule has 0 aliphatic heterocycles. The third-order valence-electron chi connectivity index (χ3n) is 5.26. The molecule has 3 heteroatoms. The highest BCUT2D eigenvalue weighted by Gasteiger charge is 2.27. The zero-order chi connectivity index (χ0) is 15.1. The molecule has 3 nitrogen and oxygen atoms in total. The van der Waals surface area contributed by atoms with E-state index in [2.05, 4.69) is 23.5 Å². The van der Waals surface area contributed by atoms with Crippen LogP contribution < -0.4 is 5.32 Å². The number of carbonyl (C=O) groups is 1. The van der Waals surface area contributed by atoms with Gasteiger partial charge in [-0.15, -0.1) is 0 Å². The lowest BCUT2D eigenvalue weighted by Crippen LogP contribution is -2.38. The highest BCUT2D eigenvalue weighted by atomic mass is 16.3. The minimum absolute atomic E-state index is 0.215. The van der Waals surface area contributed by atoms with Crippen LogP contribution in [0.1, 0.15) is 30.4 Å². The molecule has 114 valence electrons. The van der Waals surface area contributed by atoms with Gasteiger partial charge in [0.25, 0.3) is 0 Å². The van der Waals surface area contributed by atoms with Crippen molar-refractivity contribution >= 4 is 16.7 Å². The lowest BCUT2D eigenvalue weighted by Gasteiger charge is -2.28. The third kappa shape index (κ3) is 2.25. The van der Waals surface area contributed by atoms with Crippen LogP contribution in [0.4, 0.5) is 0 Å². The largest absolute Gasteiger partial charge is 0.508 e. The van der Waals surface area contributed by atoms with E-state index < -0.39 is 0 Å². The van der Waals surface area contributed by atoms with E-state index in [0.717, 1.165) is 31.2 Å². The third-order valence-corrected chi connectivity index (χ3v) is 5.26. The molecule has 0 bridgehead atoms. The van der Waals surface area contributed by atoms with Crippen molar-refractivity contribution in [2.75, 3.05) is 6.54 Å². The van der Waals surface area contributed by atoms with E-state index in [1.54, 1.807) is 6.07 Å². The number of hydrogen-bond acceptors (Lipinski definition) is 2. The zero-order valence-electron chi connectivity index (χ0n) is 12.6. The van der Waals surface area contributed by atoms with Gasteiger partial charge in [0, 0.05) is 18.0 Å². The summed E-state index contributed by atoms with van der Waals surface area (Å²) in [6.45, 7) is 0.708. The molecule has 1 unspecified atom stereocenters. The van der Waals surface area contributed by atoms with Crippen LogP contribution in [0.3, 0.4) is 0 Å². The summed E-state index contributed by atoms with van der Waals surface area (Å²) >= 11 is 0. The van der Waals surface area contributed by atoms with Crippen LogP contribution in [0.2, 0.25) is 0 Å². The zero-order valence-corrected chi connectivity index (χ0v) is 12.6. The van der Waals surface area contributed by atoms with Gasteiger partial charge in [0.2, 0.25) is 5.91 Å². The molecule has 0 spiro atoms. The van der Waals surface area contributed by atoms with Crippen molar-refractivity contribution in [3.63, 3.8) is 0 Å². The van der Waals surface area contributed by atoms with Crippen LogP contribution in [0.25, 0.3) is 10.8 Å². The Balaban J connectivity index is 1.54. The molecule has 2 aliphatic rings. The van der Waals surface area contributed by atoms with Crippen molar-refractivity contribution in [1.82, 2.24) is 5.32 Å². The number of benzene rings is 2. The molecular weight excluding hydrogens is 274 g/mol. The Bertz CT molecular complexity index is 734. The molecule has 1 fully saturated rings. The van der Waals surface area contributed by atoms with E-state index in [0.29, 0.717) is 18.2 Å². The number of rotatable bonds is 3. The molecular formula is C19H21NO2. The normalized spacial score (nSPS) is 20.6.